The molecule has 1 spiro atoms. The molecule has 0 unspecified atom stereocenters. The minimum Gasteiger partial charge on any atom is -0.379 e. The molecule has 1 heteroatoms. The lowest BCUT2D eigenvalue weighted by Gasteiger charge is -2.36. The van der Waals surface area contributed by atoms with Crippen LogP contribution >= 0.6 is 0 Å². The van der Waals surface area contributed by atoms with Crippen LogP contribution in [0.4, 0.5) is 0 Å². The molecule has 2 aliphatic rings. The lowest BCUT2D eigenvalue weighted by Crippen LogP contribution is -2.38. The fourth-order valence-corrected chi connectivity index (χ4v) is 1.39. The van der Waals surface area contributed by atoms with E-state index in [4.69, 9.17) is 4.74 Å². The molecule has 0 aromatic rings. The zero-order chi connectivity index (χ0) is 5.45. The zero-order valence-corrected chi connectivity index (χ0v) is 4.89. The van der Waals surface area contributed by atoms with Crippen LogP contribution < -0.4 is 0 Å². The Kier molecular flexibility index (Phi) is 0.770. The van der Waals surface area contributed by atoms with Crippen LogP contribution in [0.25, 0.3) is 0 Å². The van der Waals surface area contributed by atoms with Crippen LogP contribution in [0.5, 0.6) is 0 Å². The molecule has 0 aromatic heterocycles. The standard InChI is InChI=1S/C7H10O/c1-2-4-7(3-1)5-8-6-7/h1,3H,2,4-6H2. The van der Waals surface area contributed by atoms with E-state index >= 15 is 0 Å². The normalized spacial score (nSPS) is 31.0. The summed E-state index contributed by atoms with van der Waals surface area (Å²) in [6.45, 7) is 1.95. The Hall–Kier alpha value is -0.300. The van der Waals surface area contributed by atoms with Gasteiger partial charge in [-0.3, -0.25) is 0 Å². The van der Waals surface area contributed by atoms with Gasteiger partial charge in [0.05, 0.1) is 13.2 Å². The Morgan fingerprint density at radius 1 is 1.38 bits per heavy atom. The molecule has 1 heterocycles. The molecular formula is C7H10O. The van der Waals surface area contributed by atoms with Crippen molar-refractivity contribution in [3.8, 4) is 0 Å². The SMILES string of the molecule is C1=CC2(CC1)COC2. The van der Waals surface area contributed by atoms with Crippen LogP contribution in [0.3, 0.4) is 0 Å². The Balaban J connectivity index is 2.13. The van der Waals surface area contributed by atoms with Crippen molar-refractivity contribution >= 4 is 0 Å². The summed E-state index contributed by atoms with van der Waals surface area (Å²) in [5, 5.41) is 0. The summed E-state index contributed by atoms with van der Waals surface area (Å²) in [7, 11) is 0. The first-order valence-electron chi connectivity index (χ1n) is 3.17. The monoisotopic (exact) mass is 110 g/mol. The smallest absolute Gasteiger partial charge is 0.0579 e. The predicted octanol–water partition coefficient (Wildman–Crippen LogP) is 1.35. The number of allylic oxidation sites excluding steroid dienone is 1. The molecule has 0 amide bonds. The summed E-state index contributed by atoms with van der Waals surface area (Å²) < 4.78 is 5.11. The number of hydrogen-bond donors (Lipinski definition) is 0. The molecule has 0 radical (unpaired) electrons. The van der Waals surface area contributed by atoms with Crippen molar-refractivity contribution in [1.29, 1.82) is 0 Å². The number of rotatable bonds is 0. The van der Waals surface area contributed by atoms with Gasteiger partial charge in [0, 0.05) is 5.41 Å². The maximum absolute atomic E-state index is 5.11. The quantitative estimate of drug-likeness (QED) is 0.428. The van der Waals surface area contributed by atoms with E-state index in [0.29, 0.717) is 5.41 Å². The second kappa shape index (κ2) is 1.35. The van der Waals surface area contributed by atoms with Crippen molar-refractivity contribution in [2.24, 2.45) is 5.41 Å². The zero-order valence-electron chi connectivity index (χ0n) is 4.89. The molecule has 0 aromatic carbocycles. The third-order valence-corrected chi connectivity index (χ3v) is 2.06. The third-order valence-electron chi connectivity index (χ3n) is 2.06. The molecule has 1 aliphatic carbocycles. The number of ether oxygens (including phenoxy) is 1. The van der Waals surface area contributed by atoms with E-state index in [1.165, 1.54) is 12.8 Å². The first kappa shape index (κ1) is 4.57. The molecule has 0 saturated carbocycles. The molecule has 1 saturated heterocycles. The van der Waals surface area contributed by atoms with Crippen LogP contribution in [0.2, 0.25) is 0 Å². The van der Waals surface area contributed by atoms with Gasteiger partial charge in [-0.1, -0.05) is 12.2 Å². The average Bonchev–Trinajstić information content (AvgIpc) is 2.07. The third kappa shape index (κ3) is 0.451. The minimum absolute atomic E-state index is 0.514. The maximum Gasteiger partial charge on any atom is 0.0579 e. The Bertz CT molecular complexity index is 122. The van der Waals surface area contributed by atoms with E-state index in [1.54, 1.807) is 0 Å². The van der Waals surface area contributed by atoms with E-state index in [9.17, 15) is 0 Å². The summed E-state index contributed by atoms with van der Waals surface area (Å²) in [5.74, 6) is 0. The fourth-order valence-electron chi connectivity index (χ4n) is 1.39. The van der Waals surface area contributed by atoms with E-state index in [1.807, 2.05) is 0 Å². The Labute approximate surface area is 49.3 Å². The van der Waals surface area contributed by atoms with Crippen molar-refractivity contribution in [3.05, 3.63) is 12.2 Å². The van der Waals surface area contributed by atoms with Gasteiger partial charge in [-0.2, -0.15) is 0 Å². The maximum atomic E-state index is 5.11. The molecule has 0 bridgehead atoms. The van der Waals surface area contributed by atoms with Crippen molar-refractivity contribution in [3.63, 3.8) is 0 Å². The van der Waals surface area contributed by atoms with Crippen LogP contribution in [0.15, 0.2) is 12.2 Å². The lowest BCUT2D eigenvalue weighted by atomic mass is 9.86. The van der Waals surface area contributed by atoms with E-state index in [0.717, 1.165) is 13.2 Å². The number of hydrogen-bond acceptors (Lipinski definition) is 1. The highest BCUT2D eigenvalue weighted by Gasteiger charge is 2.37. The molecule has 8 heavy (non-hydrogen) atoms. The van der Waals surface area contributed by atoms with Crippen LogP contribution in [0, 0.1) is 5.41 Å². The molecule has 44 valence electrons. The molecular weight excluding hydrogens is 100 g/mol. The summed E-state index contributed by atoms with van der Waals surface area (Å²) in [4.78, 5) is 0. The topological polar surface area (TPSA) is 9.23 Å². The van der Waals surface area contributed by atoms with E-state index < -0.39 is 0 Å². The molecule has 1 fully saturated rings. The second-order valence-electron chi connectivity index (χ2n) is 2.80. The molecule has 1 aliphatic heterocycles. The van der Waals surface area contributed by atoms with Gasteiger partial charge < -0.3 is 4.74 Å². The summed E-state index contributed by atoms with van der Waals surface area (Å²) in [5.41, 5.74) is 0.514. The Morgan fingerprint density at radius 2 is 2.25 bits per heavy atom. The van der Waals surface area contributed by atoms with Gasteiger partial charge in [0.15, 0.2) is 0 Å². The van der Waals surface area contributed by atoms with Gasteiger partial charge in [-0.25, -0.2) is 0 Å². The highest BCUT2D eigenvalue weighted by atomic mass is 16.5. The van der Waals surface area contributed by atoms with Crippen molar-refractivity contribution in [1.82, 2.24) is 0 Å². The first-order valence-corrected chi connectivity index (χ1v) is 3.17. The summed E-state index contributed by atoms with van der Waals surface area (Å²) in [6.07, 6.45) is 7.18. The Morgan fingerprint density at radius 3 is 2.50 bits per heavy atom. The summed E-state index contributed by atoms with van der Waals surface area (Å²) >= 11 is 0. The highest BCUT2D eigenvalue weighted by Crippen LogP contribution is 2.38. The molecule has 0 N–H and O–H groups in total. The van der Waals surface area contributed by atoms with Crippen molar-refractivity contribution in [2.75, 3.05) is 13.2 Å². The van der Waals surface area contributed by atoms with E-state index in [2.05, 4.69) is 12.2 Å². The van der Waals surface area contributed by atoms with Crippen LogP contribution in [0.1, 0.15) is 12.8 Å². The van der Waals surface area contributed by atoms with Gasteiger partial charge in [-0.05, 0) is 12.8 Å². The van der Waals surface area contributed by atoms with Gasteiger partial charge in [-0.15, -0.1) is 0 Å². The first-order chi connectivity index (χ1) is 3.91. The summed E-state index contributed by atoms with van der Waals surface area (Å²) in [6, 6.07) is 0. The van der Waals surface area contributed by atoms with Gasteiger partial charge in [0.25, 0.3) is 0 Å². The lowest BCUT2D eigenvalue weighted by molar-refractivity contribution is -0.0813. The average molecular weight is 110 g/mol. The fraction of sp³-hybridized carbons (Fsp3) is 0.714. The molecule has 2 rings (SSSR count). The van der Waals surface area contributed by atoms with Crippen LogP contribution in [-0.2, 0) is 4.74 Å². The largest absolute Gasteiger partial charge is 0.379 e. The van der Waals surface area contributed by atoms with Crippen molar-refractivity contribution in [2.45, 2.75) is 12.8 Å². The van der Waals surface area contributed by atoms with E-state index in [-0.39, 0.29) is 0 Å². The highest BCUT2D eigenvalue weighted by molar-refractivity contribution is 5.09. The molecule has 1 nitrogen and oxygen atoms in total. The molecule has 0 atom stereocenters. The minimum atomic E-state index is 0.514. The predicted molar refractivity (Wildman–Crippen MR) is 31.6 cm³/mol. The second-order valence-corrected chi connectivity index (χ2v) is 2.80. The van der Waals surface area contributed by atoms with Crippen molar-refractivity contribution < 1.29 is 4.74 Å². The van der Waals surface area contributed by atoms with Gasteiger partial charge in [0.2, 0.25) is 0 Å². The van der Waals surface area contributed by atoms with Crippen LogP contribution in [-0.4, -0.2) is 13.2 Å². The van der Waals surface area contributed by atoms with Gasteiger partial charge in [0.1, 0.15) is 0 Å². The van der Waals surface area contributed by atoms with Gasteiger partial charge >= 0.3 is 0 Å².